The molecule has 0 aliphatic carbocycles. The van der Waals surface area contributed by atoms with Crippen molar-refractivity contribution in [2.24, 2.45) is 4.99 Å². The number of amides is 1. The summed E-state index contributed by atoms with van der Waals surface area (Å²) in [5.41, 5.74) is 5.88. The Balaban J connectivity index is 1.55. The zero-order valence-electron chi connectivity index (χ0n) is 19.2. The van der Waals surface area contributed by atoms with E-state index in [1.807, 2.05) is 86.8 Å². The Morgan fingerprint density at radius 2 is 1.82 bits per heavy atom. The molecule has 3 heterocycles. The van der Waals surface area contributed by atoms with E-state index in [4.69, 9.17) is 10.1 Å². The molecular formula is C27H24N4O2S. The number of hydrogen-bond acceptors (Lipinski definition) is 4. The second kappa shape index (κ2) is 8.83. The first-order chi connectivity index (χ1) is 16.5. The SMILES string of the molecule is CCOc1ccccc1-n1c(C)cc(/C=C2/C(=N)N3C(c4ccccc4)=CSC3=NC2=O)c1C. The van der Waals surface area contributed by atoms with Crippen LogP contribution in [0.25, 0.3) is 17.5 Å². The van der Waals surface area contributed by atoms with Gasteiger partial charge < -0.3 is 9.30 Å². The van der Waals surface area contributed by atoms with E-state index in [2.05, 4.69) is 9.56 Å². The van der Waals surface area contributed by atoms with Gasteiger partial charge in [-0.05, 0) is 56.2 Å². The van der Waals surface area contributed by atoms with Crippen molar-refractivity contribution in [1.82, 2.24) is 9.47 Å². The van der Waals surface area contributed by atoms with Crippen LogP contribution in [0.5, 0.6) is 5.75 Å². The van der Waals surface area contributed by atoms with E-state index in [9.17, 15) is 4.79 Å². The maximum absolute atomic E-state index is 12.9. The lowest BCUT2D eigenvalue weighted by atomic mass is 10.1. The Hall–Kier alpha value is -3.84. The molecule has 6 nitrogen and oxygen atoms in total. The summed E-state index contributed by atoms with van der Waals surface area (Å²) >= 11 is 1.37. The van der Waals surface area contributed by atoms with Crippen LogP contribution >= 0.6 is 11.8 Å². The monoisotopic (exact) mass is 468 g/mol. The number of thioether (sulfide) groups is 1. The van der Waals surface area contributed by atoms with Crippen LogP contribution in [0.1, 0.15) is 29.4 Å². The maximum Gasteiger partial charge on any atom is 0.283 e. The Morgan fingerprint density at radius 3 is 2.59 bits per heavy atom. The second-order valence-electron chi connectivity index (χ2n) is 7.99. The van der Waals surface area contributed by atoms with E-state index >= 15 is 0 Å². The minimum Gasteiger partial charge on any atom is -0.492 e. The van der Waals surface area contributed by atoms with Crippen molar-refractivity contribution in [3.63, 3.8) is 0 Å². The van der Waals surface area contributed by atoms with Crippen molar-refractivity contribution in [1.29, 1.82) is 5.41 Å². The number of hydrogen-bond donors (Lipinski definition) is 1. The molecule has 170 valence electrons. The lowest BCUT2D eigenvalue weighted by molar-refractivity contribution is -0.114. The van der Waals surface area contributed by atoms with Gasteiger partial charge in [0.2, 0.25) is 0 Å². The number of aryl methyl sites for hydroxylation is 1. The molecule has 0 unspecified atom stereocenters. The summed E-state index contributed by atoms with van der Waals surface area (Å²) in [5.74, 6) is 0.536. The lowest BCUT2D eigenvalue weighted by Crippen LogP contribution is -2.38. The van der Waals surface area contributed by atoms with Crippen LogP contribution in [0.2, 0.25) is 0 Å². The molecule has 2 aromatic carbocycles. The quantitative estimate of drug-likeness (QED) is 0.481. The molecule has 0 fully saturated rings. The topological polar surface area (TPSA) is 70.7 Å². The number of fused-ring (bicyclic) bond motifs is 1. The number of benzene rings is 2. The van der Waals surface area contributed by atoms with Gasteiger partial charge in [0.05, 0.1) is 23.6 Å². The smallest absolute Gasteiger partial charge is 0.283 e. The highest BCUT2D eigenvalue weighted by atomic mass is 32.2. The Bertz CT molecular complexity index is 1400. The summed E-state index contributed by atoms with van der Waals surface area (Å²) in [4.78, 5) is 18.9. The average molecular weight is 469 g/mol. The van der Waals surface area contributed by atoms with E-state index in [1.54, 1.807) is 11.0 Å². The standard InChI is InChI=1S/C27H24N4O2S/c1-4-33-24-13-9-8-12-22(24)30-17(2)14-20(18(30)3)15-21-25(28)31-23(19-10-6-5-7-11-19)16-34-27(31)29-26(21)32/h5-16,28H,4H2,1-3H3/b21-15-,28-25?. The minimum atomic E-state index is -0.397. The summed E-state index contributed by atoms with van der Waals surface area (Å²) in [6, 6.07) is 19.8. The lowest BCUT2D eigenvalue weighted by Gasteiger charge is -2.26. The van der Waals surface area contributed by atoms with Crippen molar-refractivity contribution in [2.45, 2.75) is 20.8 Å². The molecular weight excluding hydrogens is 444 g/mol. The van der Waals surface area contributed by atoms with Crippen LogP contribution in [0.4, 0.5) is 0 Å². The molecule has 5 rings (SSSR count). The average Bonchev–Trinajstić information content (AvgIpc) is 3.38. The normalized spacial score (nSPS) is 16.6. The highest BCUT2D eigenvalue weighted by Gasteiger charge is 2.36. The summed E-state index contributed by atoms with van der Waals surface area (Å²) in [6.45, 7) is 6.57. The molecule has 34 heavy (non-hydrogen) atoms. The molecule has 1 N–H and O–H groups in total. The first-order valence-electron chi connectivity index (χ1n) is 11.1. The summed E-state index contributed by atoms with van der Waals surface area (Å²) < 4.78 is 7.95. The first kappa shape index (κ1) is 22.0. The van der Waals surface area contributed by atoms with Gasteiger partial charge >= 0.3 is 0 Å². The Kier molecular flexibility index (Phi) is 5.71. The molecule has 2 aliphatic rings. The highest BCUT2D eigenvalue weighted by molar-refractivity contribution is 8.17. The van der Waals surface area contributed by atoms with Crippen LogP contribution in [0, 0.1) is 19.3 Å². The third-order valence-corrected chi connectivity index (χ3v) is 6.69. The predicted molar refractivity (Wildman–Crippen MR) is 138 cm³/mol. The van der Waals surface area contributed by atoms with Crippen LogP contribution < -0.4 is 4.74 Å². The van der Waals surface area contributed by atoms with Crippen molar-refractivity contribution in [3.05, 3.63) is 94.2 Å². The van der Waals surface area contributed by atoms with Crippen molar-refractivity contribution >= 4 is 40.4 Å². The van der Waals surface area contributed by atoms with Crippen molar-refractivity contribution in [2.75, 3.05) is 6.61 Å². The number of nitrogens with zero attached hydrogens (tertiary/aromatic N) is 3. The molecule has 0 atom stereocenters. The fraction of sp³-hybridized carbons (Fsp3) is 0.148. The number of ether oxygens (including phenoxy) is 1. The molecule has 1 amide bonds. The molecule has 0 saturated heterocycles. The molecule has 0 radical (unpaired) electrons. The fourth-order valence-electron chi connectivity index (χ4n) is 4.29. The summed E-state index contributed by atoms with van der Waals surface area (Å²) in [6.07, 6.45) is 1.78. The van der Waals surface area contributed by atoms with E-state index in [0.717, 1.165) is 39.6 Å². The van der Waals surface area contributed by atoms with Gasteiger partial charge in [-0.3, -0.25) is 15.1 Å². The van der Waals surface area contributed by atoms with Gasteiger partial charge in [-0.15, -0.1) is 0 Å². The van der Waals surface area contributed by atoms with Crippen LogP contribution in [-0.4, -0.2) is 33.0 Å². The summed E-state index contributed by atoms with van der Waals surface area (Å²) in [5, 5.41) is 11.3. The second-order valence-corrected chi connectivity index (χ2v) is 8.83. The van der Waals surface area contributed by atoms with E-state index < -0.39 is 5.91 Å². The van der Waals surface area contributed by atoms with E-state index in [0.29, 0.717) is 11.8 Å². The van der Waals surface area contributed by atoms with Gasteiger partial charge in [0.1, 0.15) is 11.6 Å². The van der Waals surface area contributed by atoms with Crippen molar-refractivity contribution < 1.29 is 9.53 Å². The Labute approximate surface area is 202 Å². The minimum absolute atomic E-state index is 0.134. The van der Waals surface area contributed by atoms with Gasteiger partial charge in [0.25, 0.3) is 5.91 Å². The zero-order chi connectivity index (χ0) is 23.8. The number of carbonyl (C=O) groups excluding carboxylic acids is 1. The van der Waals surface area contributed by atoms with Crippen molar-refractivity contribution in [3.8, 4) is 11.4 Å². The highest BCUT2D eigenvalue weighted by Crippen LogP contribution is 2.38. The molecule has 0 spiro atoms. The van der Waals surface area contributed by atoms with Gasteiger partial charge in [0, 0.05) is 16.8 Å². The molecule has 0 saturated carbocycles. The van der Waals surface area contributed by atoms with Crippen LogP contribution in [0.3, 0.4) is 0 Å². The summed E-state index contributed by atoms with van der Waals surface area (Å²) in [7, 11) is 0. The maximum atomic E-state index is 12.9. The van der Waals surface area contributed by atoms with E-state index in [-0.39, 0.29) is 11.4 Å². The molecule has 1 aromatic heterocycles. The molecule has 0 bridgehead atoms. The fourth-order valence-corrected chi connectivity index (χ4v) is 5.18. The largest absolute Gasteiger partial charge is 0.492 e. The van der Waals surface area contributed by atoms with Gasteiger partial charge in [-0.1, -0.05) is 54.2 Å². The third-order valence-electron chi connectivity index (χ3n) is 5.86. The van der Waals surface area contributed by atoms with Gasteiger partial charge in [0.15, 0.2) is 5.17 Å². The number of rotatable bonds is 5. The number of para-hydroxylation sites is 2. The first-order valence-corrected chi connectivity index (χ1v) is 11.9. The molecule has 7 heteroatoms. The number of aliphatic imine (C=N–C) groups is 1. The number of carbonyl (C=O) groups is 1. The van der Waals surface area contributed by atoms with E-state index in [1.165, 1.54) is 11.8 Å². The third kappa shape index (κ3) is 3.68. The zero-order valence-corrected chi connectivity index (χ0v) is 20.0. The number of amidine groups is 2. The van der Waals surface area contributed by atoms with Crippen LogP contribution in [-0.2, 0) is 4.79 Å². The molecule has 3 aromatic rings. The number of nitrogens with one attached hydrogen (secondary N) is 1. The predicted octanol–water partition coefficient (Wildman–Crippen LogP) is 5.80. The van der Waals surface area contributed by atoms with Gasteiger partial charge in [-0.25, -0.2) is 0 Å². The Morgan fingerprint density at radius 1 is 1.09 bits per heavy atom. The molecule has 2 aliphatic heterocycles. The number of aromatic nitrogens is 1. The van der Waals surface area contributed by atoms with Crippen LogP contribution in [0.15, 0.2) is 76.6 Å². The van der Waals surface area contributed by atoms with Gasteiger partial charge in [-0.2, -0.15) is 4.99 Å².